The van der Waals surface area contributed by atoms with Crippen molar-refractivity contribution in [2.24, 2.45) is 0 Å². The minimum absolute atomic E-state index is 0.0877. The molecule has 0 aliphatic heterocycles. The molecule has 4 nitrogen and oxygen atoms in total. The molecule has 0 aliphatic rings. The molecular formula is C23H23F3N2O2. The van der Waals surface area contributed by atoms with Gasteiger partial charge in [-0.1, -0.05) is 13.8 Å². The topological polar surface area (TPSA) is 42.3 Å². The lowest BCUT2D eigenvalue weighted by Gasteiger charge is -2.20. The van der Waals surface area contributed by atoms with Crippen molar-refractivity contribution in [2.45, 2.75) is 39.4 Å². The van der Waals surface area contributed by atoms with Crippen LogP contribution in [0, 0.1) is 0 Å². The van der Waals surface area contributed by atoms with Gasteiger partial charge in [-0.05, 0) is 60.9 Å². The Kier molecular flexibility index (Phi) is 5.74. The van der Waals surface area contributed by atoms with Crippen molar-refractivity contribution in [3.63, 3.8) is 0 Å². The molecule has 7 heteroatoms. The molecule has 0 spiro atoms. The molecule has 0 atom stereocenters. The number of hydrogen-bond donors (Lipinski definition) is 0. The number of hydrogen-bond acceptors (Lipinski definition) is 2. The van der Waals surface area contributed by atoms with Crippen LogP contribution in [0.5, 0.6) is 0 Å². The molecule has 3 aromatic rings. The second kappa shape index (κ2) is 7.97. The number of nitrogens with zero attached hydrogens (tertiary/aromatic N) is 2. The van der Waals surface area contributed by atoms with Crippen LogP contribution in [0.3, 0.4) is 0 Å². The molecule has 0 unspecified atom stereocenters. The van der Waals surface area contributed by atoms with E-state index < -0.39 is 11.7 Å². The van der Waals surface area contributed by atoms with Gasteiger partial charge in [0.25, 0.3) is 11.5 Å². The van der Waals surface area contributed by atoms with Crippen LogP contribution < -0.4 is 10.5 Å². The Morgan fingerprint density at radius 2 is 1.70 bits per heavy atom. The minimum atomic E-state index is -4.43. The first-order valence-corrected chi connectivity index (χ1v) is 9.67. The molecular weight excluding hydrogens is 393 g/mol. The first-order chi connectivity index (χ1) is 14.0. The molecule has 2 aromatic carbocycles. The SMILES string of the molecule is CCn1c(=O)cc(C(C)C)c2cc(C(=O)N(C)c3ccc(C(F)(F)F)cc3)ccc21. The van der Waals surface area contributed by atoms with Gasteiger partial charge in [-0.3, -0.25) is 9.59 Å². The first kappa shape index (κ1) is 21.6. The minimum Gasteiger partial charge on any atom is -0.311 e. The van der Waals surface area contributed by atoms with E-state index in [4.69, 9.17) is 0 Å². The number of anilines is 1. The number of benzene rings is 2. The number of carbonyl (C=O) groups is 1. The highest BCUT2D eigenvalue weighted by atomic mass is 19.4. The summed E-state index contributed by atoms with van der Waals surface area (Å²) in [7, 11) is 1.52. The monoisotopic (exact) mass is 416 g/mol. The largest absolute Gasteiger partial charge is 0.416 e. The van der Waals surface area contributed by atoms with E-state index in [1.54, 1.807) is 28.8 Å². The normalized spacial score (nSPS) is 11.9. The first-order valence-electron chi connectivity index (χ1n) is 9.67. The Bertz CT molecular complexity index is 1150. The number of carbonyl (C=O) groups excluding carboxylic acids is 1. The van der Waals surface area contributed by atoms with Crippen LogP contribution in [-0.4, -0.2) is 17.5 Å². The molecule has 0 aliphatic carbocycles. The van der Waals surface area contributed by atoms with Gasteiger partial charge in [0.15, 0.2) is 0 Å². The van der Waals surface area contributed by atoms with Crippen LogP contribution in [0.1, 0.15) is 48.2 Å². The molecule has 0 N–H and O–H groups in total. The van der Waals surface area contributed by atoms with E-state index in [0.717, 1.165) is 28.6 Å². The average Bonchev–Trinajstić information content (AvgIpc) is 2.71. The number of halogens is 3. The van der Waals surface area contributed by atoms with Gasteiger partial charge >= 0.3 is 6.18 Å². The van der Waals surface area contributed by atoms with Crippen molar-refractivity contribution in [3.05, 3.63) is 75.6 Å². The number of aryl methyl sites for hydroxylation is 1. The highest BCUT2D eigenvalue weighted by molar-refractivity contribution is 6.07. The Morgan fingerprint density at radius 1 is 1.07 bits per heavy atom. The average molecular weight is 416 g/mol. The lowest BCUT2D eigenvalue weighted by molar-refractivity contribution is -0.137. The van der Waals surface area contributed by atoms with Crippen LogP contribution >= 0.6 is 0 Å². The summed E-state index contributed by atoms with van der Waals surface area (Å²) >= 11 is 0. The maximum Gasteiger partial charge on any atom is 0.416 e. The van der Waals surface area contributed by atoms with Crippen molar-refractivity contribution in [1.82, 2.24) is 4.57 Å². The standard InChI is InChI=1S/C23H23F3N2O2/c1-5-28-20-11-6-15(12-19(20)18(14(2)3)13-21(28)29)22(30)27(4)17-9-7-16(8-10-17)23(24,25)26/h6-14H,5H2,1-4H3. The fourth-order valence-electron chi connectivity index (χ4n) is 3.53. The summed E-state index contributed by atoms with van der Waals surface area (Å²) in [6.45, 7) is 6.35. The lowest BCUT2D eigenvalue weighted by atomic mass is 9.97. The molecule has 1 heterocycles. The van der Waals surface area contributed by atoms with E-state index in [2.05, 4.69) is 0 Å². The lowest BCUT2D eigenvalue weighted by Crippen LogP contribution is -2.26. The van der Waals surface area contributed by atoms with Gasteiger partial charge in [0.1, 0.15) is 0 Å². The smallest absolute Gasteiger partial charge is 0.311 e. The number of fused-ring (bicyclic) bond motifs is 1. The van der Waals surface area contributed by atoms with Crippen LogP contribution in [0.15, 0.2) is 53.3 Å². The van der Waals surface area contributed by atoms with E-state index >= 15 is 0 Å². The molecule has 3 rings (SSSR count). The van der Waals surface area contributed by atoms with Crippen LogP contribution in [0.25, 0.3) is 10.9 Å². The summed E-state index contributed by atoms with van der Waals surface area (Å²) in [5.41, 5.74) is 1.50. The summed E-state index contributed by atoms with van der Waals surface area (Å²) in [4.78, 5) is 26.7. The Labute approximate surface area is 172 Å². The zero-order chi connectivity index (χ0) is 22.2. The van der Waals surface area contributed by atoms with Crippen molar-refractivity contribution < 1.29 is 18.0 Å². The maximum absolute atomic E-state index is 13.0. The van der Waals surface area contributed by atoms with Crippen LogP contribution in [-0.2, 0) is 12.7 Å². The zero-order valence-corrected chi connectivity index (χ0v) is 17.2. The Balaban J connectivity index is 2.03. The molecule has 30 heavy (non-hydrogen) atoms. The Hall–Kier alpha value is -3.09. The Morgan fingerprint density at radius 3 is 2.23 bits per heavy atom. The van der Waals surface area contributed by atoms with E-state index in [1.165, 1.54) is 24.1 Å². The van der Waals surface area contributed by atoms with Crippen molar-refractivity contribution >= 4 is 22.5 Å². The van der Waals surface area contributed by atoms with Gasteiger partial charge < -0.3 is 9.47 Å². The molecule has 0 bridgehead atoms. The third-order valence-corrected chi connectivity index (χ3v) is 5.22. The highest BCUT2D eigenvalue weighted by Gasteiger charge is 2.30. The summed E-state index contributed by atoms with van der Waals surface area (Å²) in [6, 6.07) is 11.2. The summed E-state index contributed by atoms with van der Waals surface area (Å²) in [5.74, 6) is -0.259. The second-order valence-corrected chi connectivity index (χ2v) is 7.48. The molecule has 1 amide bonds. The number of aromatic nitrogens is 1. The molecule has 158 valence electrons. The highest BCUT2D eigenvalue weighted by Crippen LogP contribution is 2.31. The number of alkyl halides is 3. The van der Waals surface area contributed by atoms with E-state index in [0.29, 0.717) is 17.8 Å². The van der Waals surface area contributed by atoms with Crippen molar-refractivity contribution in [3.8, 4) is 0 Å². The van der Waals surface area contributed by atoms with E-state index in [1.807, 2.05) is 20.8 Å². The van der Waals surface area contributed by atoms with Gasteiger partial charge in [-0.25, -0.2) is 0 Å². The van der Waals surface area contributed by atoms with E-state index in [9.17, 15) is 22.8 Å². The van der Waals surface area contributed by atoms with Crippen molar-refractivity contribution in [1.29, 1.82) is 0 Å². The fourth-order valence-corrected chi connectivity index (χ4v) is 3.53. The fraction of sp³-hybridized carbons (Fsp3) is 0.304. The third-order valence-electron chi connectivity index (χ3n) is 5.22. The molecule has 0 saturated heterocycles. The third kappa shape index (κ3) is 3.97. The van der Waals surface area contributed by atoms with Gasteiger partial charge in [0, 0.05) is 36.3 Å². The van der Waals surface area contributed by atoms with Crippen molar-refractivity contribution in [2.75, 3.05) is 11.9 Å². The van der Waals surface area contributed by atoms with Crippen LogP contribution in [0.2, 0.25) is 0 Å². The predicted molar refractivity (Wildman–Crippen MR) is 112 cm³/mol. The number of rotatable bonds is 4. The van der Waals surface area contributed by atoms with Gasteiger partial charge in [-0.2, -0.15) is 13.2 Å². The molecule has 0 fully saturated rings. The van der Waals surface area contributed by atoms with Gasteiger partial charge in [-0.15, -0.1) is 0 Å². The molecule has 1 aromatic heterocycles. The predicted octanol–water partition coefficient (Wildman–Crippen LogP) is 5.44. The molecule has 0 saturated carbocycles. The van der Waals surface area contributed by atoms with Gasteiger partial charge in [0.05, 0.1) is 11.1 Å². The van der Waals surface area contributed by atoms with Gasteiger partial charge in [0.2, 0.25) is 0 Å². The summed E-state index contributed by atoms with van der Waals surface area (Å²) in [6.07, 6.45) is -4.43. The summed E-state index contributed by atoms with van der Waals surface area (Å²) < 4.78 is 40.0. The van der Waals surface area contributed by atoms with E-state index in [-0.39, 0.29) is 17.4 Å². The number of pyridine rings is 1. The summed E-state index contributed by atoms with van der Waals surface area (Å²) in [5, 5.41) is 0.818. The van der Waals surface area contributed by atoms with Crippen LogP contribution in [0.4, 0.5) is 18.9 Å². The second-order valence-electron chi connectivity index (χ2n) is 7.48. The zero-order valence-electron chi connectivity index (χ0n) is 17.2. The maximum atomic E-state index is 13.0. The molecule has 0 radical (unpaired) electrons. The quantitative estimate of drug-likeness (QED) is 0.568. The number of amides is 1.